The summed E-state index contributed by atoms with van der Waals surface area (Å²) in [5, 5.41) is 2.83. The van der Waals surface area contributed by atoms with E-state index >= 15 is 0 Å². The quantitative estimate of drug-likeness (QED) is 0.499. The number of hydrogen-bond acceptors (Lipinski definition) is 4. The Labute approximate surface area is 114 Å². The first-order chi connectivity index (χ1) is 8.29. The molecule has 3 N–H and O–H groups in total. The number of thiophene rings is 1. The SMILES string of the molecule is NNC(CSc1cccc(Cl)c1)c1cccs1. The minimum absolute atomic E-state index is 0.180. The first kappa shape index (κ1) is 12.9. The van der Waals surface area contributed by atoms with Gasteiger partial charge < -0.3 is 0 Å². The zero-order valence-electron chi connectivity index (χ0n) is 9.10. The Bertz CT molecular complexity index is 459. The van der Waals surface area contributed by atoms with E-state index in [-0.39, 0.29) is 6.04 Å². The molecule has 2 rings (SSSR count). The Morgan fingerprint density at radius 2 is 2.24 bits per heavy atom. The summed E-state index contributed by atoms with van der Waals surface area (Å²) in [6, 6.07) is 12.2. The minimum atomic E-state index is 0.180. The highest BCUT2D eigenvalue weighted by Crippen LogP contribution is 2.27. The van der Waals surface area contributed by atoms with Crippen LogP contribution in [0.2, 0.25) is 5.02 Å². The van der Waals surface area contributed by atoms with Gasteiger partial charge in [0.2, 0.25) is 0 Å². The largest absolute Gasteiger partial charge is 0.271 e. The lowest BCUT2D eigenvalue weighted by atomic mass is 10.3. The normalized spacial score (nSPS) is 12.6. The van der Waals surface area contributed by atoms with Crippen LogP contribution in [0.15, 0.2) is 46.7 Å². The molecule has 2 aromatic rings. The van der Waals surface area contributed by atoms with Crippen LogP contribution < -0.4 is 11.3 Å². The van der Waals surface area contributed by atoms with Gasteiger partial charge in [-0.2, -0.15) is 0 Å². The first-order valence-electron chi connectivity index (χ1n) is 5.17. The smallest absolute Gasteiger partial charge is 0.0647 e. The van der Waals surface area contributed by atoms with E-state index in [4.69, 9.17) is 17.4 Å². The van der Waals surface area contributed by atoms with E-state index in [2.05, 4.69) is 22.9 Å². The fourth-order valence-electron chi connectivity index (χ4n) is 1.44. The maximum Gasteiger partial charge on any atom is 0.0647 e. The first-order valence-corrected chi connectivity index (χ1v) is 7.42. The van der Waals surface area contributed by atoms with Crippen molar-refractivity contribution in [1.29, 1.82) is 0 Å². The molecule has 17 heavy (non-hydrogen) atoms. The van der Waals surface area contributed by atoms with Gasteiger partial charge in [-0.3, -0.25) is 11.3 Å². The van der Waals surface area contributed by atoms with E-state index in [0.717, 1.165) is 15.7 Å². The highest BCUT2D eigenvalue weighted by molar-refractivity contribution is 7.99. The Balaban J connectivity index is 1.97. The van der Waals surface area contributed by atoms with Gasteiger partial charge in [-0.1, -0.05) is 23.7 Å². The van der Waals surface area contributed by atoms with Gasteiger partial charge in [0, 0.05) is 20.5 Å². The Kier molecular flexibility index (Phi) is 4.88. The molecule has 2 nitrogen and oxygen atoms in total. The molecule has 0 aliphatic rings. The molecule has 1 heterocycles. The van der Waals surface area contributed by atoms with Crippen LogP contribution >= 0.6 is 34.7 Å². The van der Waals surface area contributed by atoms with Gasteiger partial charge >= 0.3 is 0 Å². The second-order valence-corrected chi connectivity index (χ2v) is 6.01. The van der Waals surface area contributed by atoms with Crippen LogP contribution in [0.5, 0.6) is 0 Å². The number of benzene rings is 1. The van der Waals surface area contributed by atoms with Crippen molar-refractivity contribution in [1.82, 2.24) is 5.43 Å². The molecule has 90 valence electrons. The third-order valence-corrected chi connectivity index (χ3v) is 4.61. The van der Waals surface area contributed by atoms with Gasteiger partial charge in [-0.25, -0.2) is 0 Å². The van der Waals surface area contributed by atoms with Crippen LogP contribution in [0.3, 0.4) is 0 Å². The Morgan fingerprint density at radius 1 is 1.35 bits per heavy atom. The van der Waals surface area contributed by atoms with E-state index in [1.165, 1.54) is 4.88 Å². The number of nitrogens with one attached hydrogen (secondary N) is 1. The maximum atomic E-state index is 5.94. The van der Waals surface area contributed by atoms with Crippen molar-refractivity contribution in [3.05, 3.63) is 51.7 Å². The second-order valence-electron chi connectivity index (χ2n) is 3.50. The maximum absolute atomic E-state index is 5.94. The van der Waals surface area contributed by atoms with Gasteiger partial charge in [0.05, 0.1) is 6.04 Å². The van der Waals surface area contributed by atoms with E-state index < -0.39 is 0 Å². The third-order valence-electron chi connectivity index (χ3n) is 2.30. The summed E-state index contributed by atoms with van der Waals surface area (Å²) in [4.78, 5) is 2.41. The lowest BCUT2D eigenvalue weighted by molar-refractivity contribution is 0.620. The molecule has 0 aliphatic carbocycles. The molecular weight excluding hydrogens is 272 g/mol. The van der Waals surface area contributed by atoms with E-state index in [1.807, 2.05) is 24.3 Å². The highest BCUT2D eigenvalue weighted by atomic mass is 35.5. The van der Waals surface area contributed by atoms with Gasteiger partial charge in [0.1, 0.15) is 0 Å². The van der Waals surface area contributed by atoms with Crippen LogP contribution in [-0.4, -0.2) is 5.75 Å². The molecule has 0 fully saturated rings. The summed E-state index contributed by atoms with van der Waals surface area (Å²) < 4.78 is 0. The number of nitrogens with two attached hydrogens (primary N) is 1. The number of hydrogen-bond donors (Lipinski definition) is 2. The number of thioether (sulfide) groups is 1. The van der Waals surface area contributed by atoms with Crippen LogP contribution in [0.25, 0.3) is 0 Å². The van der Waals surface area contributed by atoms with Crippen LogP contribution in [0.4, 0.5) is 0 Å². The Hall–Kier alpha value is -0.520. The molecule has 1 unspecified atom stereocenters. The number of halogens is 1. The molecule has 0 spiro atoms. The van der Waals surface area contributed by atoms with Crippen molar-refractivity contribution in [2.75, 3.05) is 5.75 Å². The van der Waals surface area contributed by atoms with Gasteiger partial charge in [0.15, 0.2) is 0 Å². The van der Waals surface area contributed by atoms with Crippen LogP contribution in [0, 0.1) is 0 Å². The second kappa shape index (κ2) is 6.42. The van der Waals surface area contributed by atoms with Crippen molar-refractivity contribution in [3.8, 4) is 0 Å². The fourth-order valence-corrected chi connectivity index (χ4v) is 3.61. The molecular formula is C12H13ClN2S2. The standard InChI is InChI=1S/C12H13ClN2S2/c13-9-3-1-4-10(7-9)17-8-11(15-14)12-5-2-6-16-12/h1-7,11,15H,8,14H2. The number of hydrazine groups is 1. The molecule has 0 amide bonds. The zero-order valence-corrected chi connectivity index (χ0v) is 11.5. The van der Waals surface area contributed by atoms with Crippen molar-refractivity contribution in [2.45, 2.75) is 10.9 Å². The van der Waals surface area contributed by atoms with Gasteiger partial charge in [-0.05, 0) is 29.6 Å². The summed E-state index contributed by atoms with van der Waals surface area (Å²) in [7, 11) is 0. The van der Waals surface area contributed by atoms with Crippen molar-refractivity contribution in [3.63, 3.8) is 0 Å². The van der Waals surface area contributed by atoms with Crippen LogP contribution in [0.1, 0.15) is 10.9 Å². The van der Waals surface area contributed by atoms with Crippen molar-refractivity contribution >= 4 is 34.7 Å². The molecule has 0 radical (unpaired) electrons. The van der Waals surface area contributed by atoms with E-state index in [9.17, 15) is 0 Å². The third kappa shape index (κ3) is 3.72. The fraction of sp³-hybridized carbons (Fsp3) is 0.167. The average Bonchev–Trinajstić information content (AvgIpc) is 2.84. The van der Waals surface area contributed by atoms with Gasteiger partial charge in [-0.15, -0.1) is 23.1 Å². The molecule has 1 aromatic heterocycles. The molecule has 5 heteroatoms. The predicted octanol–water partition coefficient (Wildman–Crippen LogP) is 3.70. The lowest BCUT2D eigenvalue weighted by Crippen LogP contribution is -2.28. The molecule has 1 atom stereocenters. The zero-order chi connectivity index (χ0) is 12.1. The topological polar surface area (TPSA) is 38.0 Å². The highest BCUT2D eigenvalue weighted by Gasteiger charge is 2.10. The molecule has 0 saturated heterocycles. The summed E-state index contributed by atoms with van der Waals surface area (Å²) >= 11 is 9.40. The minimum Gasteiger partial charge on any atom is -0.271 e. The monoisotopic (exact) mass is 284 g/mol. The summed E-state index contributed by atoms with van der Waals surface area (Å²) in [6.45, 7) is 0. The molecule has 0 bridgehead atoms. The predicted molar refractivity (Wildman–Crippen MR) is 76.6 cm³/mol. The summed E-state index contributed by atoms with van der Waals surface area (Å²) in [6.07, 6.45) is 0. The summed E-state index contributed by atoms with van der Waals surface area (Å²) in [5.74, 6) is 6.46. The summed E-state index contributed by atoms with van der Waals surface area (Å²) in [5.41, 5.74) is 2.85. The van der Waals surface area contributed by atoms with Crippen molar-refractivity contribution < 1.29 is 0 Å². The van der Waals surface area contributed by atoms with Gasteiger partial charge in [0.25, 0.3) is 0 Å². The number of rotatable bonds is 5. The average molecular weight is 285 g/mol. The van der Waals surface area contributed by atoms with E-state index in [1.54, 1.807) is 23.1 Å². The van der Waals surface area contributed by atoms with Crippen LogP contribution in [-0.2, 0) is 0 Å². The molecule has 0 aliphatic heterocycles. The molecule has 1 aromatic carbocycles. The lowest BCUT2D eigenvalue weighted by Gasteiger charge is -2.13. The Morgan fingerprint density at radius 3 is 2.88 bits per heavy atom. The molecule has 0 saturated carbocycles. The van der Waals surface area contributed by atoms with Crippen molar-refractivity contribution in [2.24, 2.45) is 5.84 Å². The van der Waals surface area contributed by atoms with E-state index in [0.29, 0.717) is 0 Å².